The van der Waals surface area contributed by atoms with Gasteiger partial charge in [0.2, 0.25) is 5.91 Å². The van der Waals surface area contributed by atoms with Crippen molar-refractivity contribution < 1.29 is 15.0 Å². The Bertz CT molecular complexity index is 245. The van der Waals surface area contributed by atoms with E-state index in [9.17, 15) is 9.90 Å². The van der Waals surface area contributed by atoms with Gasteiger partial charge in [0, 0.05) is 13.0 Å². The number of hydrogen-bond acceptors (Lipinski definition) is 3. The van der Waals surface area contributed by atoms with Crippen LogP contribution in [0, 0.1) is 5.92 Å². The first kappa shape index (κ1) is 14.5. The molecule has 3 N–H and O–H groups in total. The van der Waals surface area contributed by atoms with E-state index in [1.54, 1.807) is 0 Å². The molecule has 0 heterocycles. The minimum atomic E-state index is -0.395. The van der Waals surface area contributed by atoms with Gasteiger partial charge in [-0.1, -0.05) is 19.8 Å². The molecule has 4 nitrogen and oxygen atoms in total. The molecular formula is C13H25NO3. The van der Waals surface area contributed by atoms with Gasteiger partial charge in [-0.05, 0) is 31.6 Å². The maximum atomic E-state index is 11.8. The van der Waals surface area contributed by atoms with Gasteiger partial charge in [0.1, 0.15) is 0 Å². The normalized spacial score (nSPS) is 29.0. The van der Waals surface area contributed by atoms with Crippen LogP contribution in [-0.4, -0.2) is 34.9 Å². The molecule has 100 valence electrons. The zero-order valence-electron chi connectivity index (χ0n) is 10.7. The average molecular weight is 243 g/mol. The smallest absolute Gasteiger partial charge is 0.220 e. The molecule has 1 aliphatic rings. The third-order valence-corrected chi connectivity index (χ3v) is 3.61. The van der Waals surface area contributed by atoms with Crippen LogP contribution in [0.4, 0.5) is 0 Å². The largest absolute Gasteiger partial charge is 0.396 e. The molecule has 2 atom stereocenters. The van der Waals surface area contributed by atoms with Crippen molar-refractivity contribution in [2.75, 3.05) is 13.2 Å². The highest BCUT2D eigenvalue weighted by Crippen LogP contribution is 2.32. The molecule has 1 rings (SSSR count). The van der Waals surface area contributed by atoms with E-state index in [2.05, 4.69) is 12.2 Å². The zero-order chi connectivity index (χ0) is 12.7. The van der Waals surface area contributed by atoms with Crippen LogP contribution >= 0.6 is 0 Å². The van der Waals surface area contributed by atoms with Gasteiger partial charge in [-0.15, -0.1) is 0 Å². The molecule has 0 aromatic carbocycles. The average Bonchev–Trinajstić information content (AvgIpc) is 2.29. The molecule has 0 aromatic rings. The van der Waals surface area contributed by atoms with Crippen molar-refractivity contribution in [3.8, 4) is 0 Å². The molecule has 0 aliphatic heterocycles. The van der Waals surface area contributed by atoms with Crippen molar-refractivity contribution in [2.24, 2.45) is 5.92 Å². The Morgan fingerprint density at radius 2 is 2.18 bits per heavy atom. The second-order valence-electron chi connectivity index (χ2n) is 5.37. The fraction of sp³-hybridized carbons (Fsp3) is 0.923. The summed E-state index contributed by atoms with van der Waals surface area (Å²) in [6.45, 7) is 2.33. The van der Waals surface area contributed by atoms with Crippen LogP contribution in [0.5, 0.6) is 0 Å². The lowest BCUT2D eigenvalue weighted by atomic mass is 9.76. The monoisotopic (exact) mass is 243 g/mol. The van der Waals surface area contributed by atoms with Gasteiger partial charge in [-0.25, -0.2) is 0 Å². The topological polar surface area (TPSA) is 69.6 Å². The van der Waals surface area contributed by atoms with Crippen LogP contribution in [0.1, 0.15) is 51.9 Å². The van der Waals surface area contributed by atoms with Crippen LogP contribution in [0.2, 0.25) is 0 Å². The summed E-state index contributed by atoms with van der Waals surface area (Å²) in [5.74, 6) is 0.565. The fourth-order valence-electron chi connectivity index (χ4n) is 2.71. The van der Waals surface area contributed by atoms with Gasteiger partial charge >= 0.3 is 0 Å². The van der Waals surface area contributed by atoms with E-state index >= 15 is 0 Å². The van der Waals surface area contributed by atoms with Crippen LogP contribution in [0.25, 0.3) is 0 Å². The second-order valence-corrected chi connectivity index (χ2v) is 5.37. The molecule has 1 saturated carbocycles. The summed E-state index contributed by atoms with van der Waals surface area (Å²) in [4.78, 5) is 11.8. The van der Waals surface area contributed by atoms with Gasteiger partial charge in [0.05, 0.1) is 12.1 Å². The van der Waals surface area contributed by atoms with Gasteiger partial charge in [0.15, 0.2) is 0 Å². The predicted molar refractivity (Wildman–Crippen MR) is 66.5 cm³/mol. The molecule has 4 heteroatoms. The first-order valence-electron chi connectivity index (χ1n) is 6.64. The summed E-state index contributed by atoms with van der Waals surface area (Å²) in [6.07, 6.45) is 5.81. The van der Waals surface area contributed by atoms with Crippen molar-refractivity contribution in [2.45, 2.75) is 57.4 Å². The molecular weight excluding hydrogens is 218 g/mol. The molecule has 0 radical (unpaired) electrons. The van der Waals surface area contributed by atoms with Crippen molar-refractivity contribution >= 4 is 5.91 Å². The highest BCUT2D eigenvalue weighted by atomic mass is 16.3. The summed E-state index contributed by atoms with van der Waals surface area (Å²) >= 11 is 0. The van der Waals surface area contributed by atoms with E-state index in [1.807, 2.05) is 0 Å². The summed E-state index contributed by atoms with van der Waals surface area (Å²) < 4.78 is 0. The number of amides is 1. The molecule has 0 saturated heterocycles. The van der Waals surface area contributed by atoms with Gasteiger partial charge < -0.3 is 15.5 Å². The first-order chi connectivity index (χ1) is 8.12. The number of nitrogens with one attached hydrogen (secondary N) is 1. The van der Waals surface area contributed by atoms with Crippen molar-refractivity contribution in [3.63, 3.8) is 0 Å². The number of rotatable bonds is 6. The number of aliphatic hydroxyl groups excluding tert-OH is 2. The lowest BCUT2D eigenvalue weighted by Crippen LogP contribution is -2.53. The number of aliphatic hydroxyl groups is 2. The molecule has 0 aromatic heterocycles. The van der Waals surface area contributed by atoms with Crippen LogP contribution in [-0.2, 0) is 4.79 Å². The molecule has 2 unspecified atom stereocenters. The van der Waals surface area contributed by atoms with E-state index in [4.69, 9.17) is 5.11 Å². The summed E-state index contributed by atoms with van der Waals surface area (Å²) in [7, 11) is 0. The van der Waals surface area contributed by atoms with E-state index in [0.717, 1.165) is 19.3 Å². The van der Waals surface area contributed by atoms with Gasteiger partial charge in [-0.3, -0.25) is 4.79 Å². The maximum absolute atomic E-state index is 11.8. The molecule has 0 bridgehead atoms. The highest BCUT2D eigenvalue weighted by molar-refractivity contribution is 5.76. The van der Waals surface area contributed by atoms with Crippen molar-refractivity contribution in [1.29, 1.82) is 0 Å². The maximum Gasteiger partial charge on any atom is 0.220 e. The molecule has 17 heavy (non-hydrogen) atoms. The molecule has 0 spiro atoms. The minimum Gasteiger partial charge on any atom is -0.396 e. The van der Waals surface area contributed by atoms with E-state index in [0.29, 0.717) is 25.2 Å². The fourth-order valence-corrected chi connectivity index (χ4v) is 2.71. The van der Waals surface area contributed by atoms with Crippen molar-refractivity contribution in [1.82, 2.24) is 5.32 Å². The third kappa shape index (κ3) is 4.64. The second kappa shape index (κ2) is 6.97. The Morgan fingerprint density at radius 3 is 2.76 bits per heavy atom. The molecule has 1 amide bonds. The SMILES string of the molecule is CC1CCCC(CO)(NC(=O)CCCCO)C1. The Labute approximate surface area is 103 Å². The van der Waals surface area contributed by atoms with E-state index < -0.39 is 5.54 Å². The van der Waals surface area contributed by atoms with Gasteiger partial charge in [0.25, 0.3) is 0 Å². The standard InChI is InChI=1S/C13H25NO3/c1-11-5-4-7-13(9-11,10-16)14-12(17)6-2-3-8-15/h11,15-16H,2-10H2,1H3,(H,14,17). The lowest BCUT2D eigenvalue weighted by molar-refractivity contribution is -0.124. The quantitative estimate of drug-likeness (QED) is 0.614. The summed E-state index contributed by atoms with van der Waals surface area (Å²) in [5.41, 5.74) is -0.395. The van der Waals surface area contributed by atoms with Crippen molar-refractivity contribution in [3.05, 3.63) is 0 Å². The molecule has 1 aliphatic carbocycles. The predicted octanol–water partition coefficient (Wildman–Crippen LogP) is 1.21. The first-order valence-corrected chi connectivity index (χ1v) is 6.64. The Hall–Kier alpha value is -0.610. The third-order valence-electron chi connectivity index (χ3n) is 3.61. The summed E-state index contributed by atoms with van der Waals surface area (Å²) in [6, 6.07) is 0. The Balaban J connectivity index is 2.42. The molecule has 1 fully saturated rings. The Kier molecular flexibility index (Phi) is 5.92. The number of hydrogen-bond donors (Lipinski definition) is 3. The highest BCUT2D eigenvalue weighted by Gasteiger charge is 2.35. The van der Waals surface area contributed by atoms with E-state index in [-0.39, 0.29) is 19.1 Å². The zero-order valence-corrected chi connectivity index (χ0v) is 10.7. The number of carbonyl (C=O) groups excluding carboxylic acids is 1. The van der Waals surface area contributed by atoms with Crippen LogP contribution < -0.4 is 5.32 Å². The van der Waals surface area contributed by atoms with Crippen LogP contribution in [0.3, 0.4) is 0 Å². The lowest BCUT2D eigenvalue weighted by Gasteiger charge is -2.39. The van der Waals surface area contributed by atoms with Crippen LogP contribution in [0.15, 0.2) is 0 Å². The number of carbonyl (C=O) groups is 1. The summed E-state index contributed by atoms with van der Waals surface area (Å²) in [5, 5.41) is 21.2. The Morgan fingerprint density at radius 1 is 1.41 bits per heavy atom. The van der Waals surface area contributed by atoms with E-state index in [1.165, 1.54) is 6.42 Å². The van der Waals surface area contributed by atoms with Gasteiger partial charge in [-0.2, -0.15) is 0 Å². The number of unbranched alkanes of at least 4 members (excludes halogenated alkanes) is 1. The minimum absolute atomic E-state index is 0.00148.